The van der Waals surface area contributed by atoms with Crippen LogP contribution in [0.2, 0.25) is 0 Å². The Morgan fingerprint density at radius 2 is 2.20 bits per heavy atom. The standard InChI is InChI=1S/C8H11N5OS/c1-5-6(13(14)4-11(5)2)7-9-10-8(15)12(7)3/h4H,1-3H3,(H,10,15). The maximum atomic E-state index is 11.6. The minimum absolute atomic E-state index is 0.494. The summed E-state index contributed by atoms with van der Waals surface area (Å²) < 4.78 is 4.71. The molecule has 2 aromatic rings. The van der Waals surface area contributed by atoms with Crippen LogP contribution in [0.5, 0.6) is 0 Å². The molecule has 6 nitrogen and oxygen atoms in total. The number of hydrogen-bond acceptors (Lipinski definition) is 3. The van der Waals surface area contributed by atoms with Gasteiger partial charge in [-0.15, -0.1) is 0 Å². The molecule has 2 rings (SSSR count). The van der Waals surface area contributed by atoms with Crippen LogP contribution in [-0.4, -0.2) is 19.3 Å². The number of aromatic amines is 1. The highest BCUT2D eigenvalue weighted by atomic mass is 32.1. The third kappa shape index (κ3) is 1.35. The molecule has 0 aliphatic rings. The molecule has 80 valence electrons. The smallest absolute Gasteiger partial charge is 0.247 e. The normalized spacial score (nSPS) is 10.9. The van der Waals surface area contributed by atoms with E-state index in [9.17, 15) is 5.21 Å². The number of hydrogen-bond donors (Lipinski definition) is 1. The Balaban J connectivity index is 2.74. The van der Waals surface area contributed by atoms with Gasteiger partial charge in [-0.1, -0.05) is 0 Å². The van der Waals surface area contributed by atoms with Gasteiger partial charge in [0.1, 0.15) is 0 Å². The number of nitrogens with one attached hydrogen (secondary N) is 1. The molecular weight excluding hydrogens is 214 g/mol. The number of rotatable bonds is 1. The van der Waals surface area contributed by atoms with Crippen molar-refractivity contribution in [2.45, 2.75) is 6.92 Å². The van der Waals surface area contributed by atoms with Gasteiger partial charge in [-0.2, -0.15) is 5.10 Å². The molecular formula is C8H11N5OS. The van der Waals surface area contributed by atoms with Crippen molar-refractivity contribution in [3.05, 3.63) is 22.0 Å². The maximum Gasteiger partial charge on any atom is 0.247 e. The van der Waals surface area contributed by atoms with Crippen LogP contribution in [-0.2, 0) is 14.1 Å². The second-order valence-electron chi connectivity index (χ2n) is 3.40. The minimum Gasteiger partial charge on any atom is -0.710 e. The van der Waals surface area contributed by atoms with Gasteiger partial charge in [0.2, 0.25) is 17.8 Å². The summed E-state index contributed by atoms with van der Waals surface area (Å²) in [4.78, 5) is 0. The first kappa shape index (κ1) is 9.91. The fourth-order valence-electron chi connectivity index (χ4n) is 1.45. The second-order valence-corrected chi connectivity index (χ2v) is 3.78. The summed E-state index contributed by atoms with van der Waals surface area (Å²) in [6, 6.07) is 0. The van der Waals surface area contributed by atoms with Crippen LogP contribution in [0.15, 0.2) is 6.33 Å². The molecule has 7 heteroatoms. The average molecular weight is 225 g/mol. The van der Waals surface area contributed by atoms with E-state index in [0.29, 0.717) is 16.3 Å². The van der Waals surface area contributed by atoms with Crippen LogP contribution in [0.4, 0.5) is 0 Å². The quantitative estimate of drug-likeness (QED) is 0.434. The average Bonchev–Trinajstić information content (AvgIpc) is 2.60. The van der Waals surface area contributed by atoms with Gasteiger partial charge in [-0.05, 0) is 12.2 Å². The molecule has 0 aromatic carbocycles. The minimum atomic E-state index is 0.494. The summed E-state index contributed by atoms with van der Waals surface area (Å²) in [5.74, 6) is 0.549. The lowest BCUT2D eigenvalue weighted by Crippen LogP contribution is -2.26. The van der Waals surface area contributed by atoms with E-state index in [1.165, 1.54) is 6.33 Å². The number of nitrogens with zero attached hydrogens (tertiary/aromatic N) is 4. The van der Waals surface area contributed by atoms with Crippen LogP contribution in [0.3, 0.4) is 0 Å². The summed E-state index contributed by atoms with van der Waals surface area (Å²) >= 11 is 4.99. The summed E-state index contributed by atoms with van der Waals surface area (Å²) in [5.41, 5.74) is 1.37. The SMILES string of the molecule is Cc1c(-c2n[nH]c(=S)n2C)[n+]([O-])cn1C. The number of aromatic nitrogens is 5. The summed E-state index contributed by atoms with van der Waals surface area (Å²) in [6.45, 7) is 1.86. The fraction of sp³-hybridized carbons (Fsp3) is 0.375. The molecule has 0 unspecified atom stereocenters. The van der Waals surface area contributed by atoms with Crippen molar-refractivity contribution in [3.8, 4) is 11.5 Å². The monoisotopic (exact) mass is 225 g/mol. The molecule has 0 saturated heterocycles. The zero-order valence-electron chi connectivity index (χ0n) is 8.68. The molecule has 0 saturated carbocycles. The molecule has 0 atom stereocenters. The van der Waals surface area contributed by atoms with Crippen molar-refractivity contribution >= 4 is 12.2 Å². The molecule has 0 spiro atoms. The summed E-state index contributed by atoms with van der Waals surface area (Å²) in [6.07, 6.45) is 1.46. The van der Waals surface area contributed by atoms with E-state index >= 15 is 0 Å². The van der Waals surface area contributed by atoms with Gasteiger partial charge in [-0.3, -0.25) is 5.10 Å². The topological polar surface area (TPSA) is 65.5 Å². The molecule has 0 amide bonds. The first-order valence-corrected chi connectivity index (χ1v) is 4.80. The Morgan fingerprint density at radius 3 is 2.60 bits per heavy atom. The lowest BCUT2D eigenvalue weighted by molar-refractivity contribution is -0.593. The highest BCUT2D eigenvalue weighted by Crippen LogP contribution is 2.16. The third-order valence-corrected chi connectivity index (χ3v) is 2.83. The highest BCUT2D eigenvalue weighted by Gasteiger charge is 2.20. The Kier molecular flexibility index (Phi) is 2.11. The zero-order valence-corrected chi connectivity index (χ0v) is 9.50. The largest absolute Gasteiger partial charge is 0.710 e. The van der Waals surface area contributed by atoms with Crippen LogP contribution < -0.4 is 4.73 Å². The van der Waals surface area contributed by atoms with E-state index in [1.54, 1.807) is 16.2 Å². The van der Waals surface area contributed by atoms with Crippen molar-refractivity contribution in [2.75, 3.05) is 0 Å². The molecule has 2 aromatic heterocycles. The lowest BCUT2D eigenvalue weighted by atomic mass is 10.3. The second kappa shape index (κ2) is 3.20. The Bertz CT molecular complexity index is 564. The predicted molar refractivity (Wildman–Crippen MR) is 56.5 cm³/mol. The van der Waals surface area contributed by atoms with Crippen LogP contribution in [0, 0.1) is 16.9 Å². The Morgan fingerprint density at radius 1 is 1.53 bits per heavy atom. The highest BCUT2D eigenvalue weighted by molar-refractivity contribution is 7.71. The van der Waals surface area contributed by atoms with E-state index in [4.69, 9.17) is 12.2 Å². The number of H-pyrrole nitrogens is 1. The summed E-state index contributed by atoms with van der Waals surface area (Å²) in [7, 11) is 3.59. The lowest BCUT2D eigenvalue weighted by Gasteiger charge is -2.01. The number of imidazole rings is 1. The van der Waals surface area contributed by atoms with E-state index in [1.807, 2.05) is 14.0 Å². The molecule has 15 heavy (non-hydrogen) atoms. The molecule has 0 aliphatic carbocycles. The summed E-state index contributed by atoms with van der Waals surface area (Å²) in [5, 5.41) is 18.3. The molecule has 0 fully saturated rings. The third-order valence-electron chi connectivity index (χ3n) is 2.46. The van der Waals surface area contributed by atoms with Gasteiger partial charge < -0.3 is 9.77 Å². The number of aryl methyl sites for hydroxylation is 1. The van der Waals surface area contributed by atoms with Crippen LogP contribution in [0.25, 0.3) is 11.5 Å². The zero-order chi connectivity index (χ0) is 11.2. The van der Waals surface area contributed by atoms with Crippen LogP contribution >= 0.6 is 12.2 Å². The Hall–Kier alpha value is -1.63. The van der Waals surface area contributed by atoms with Crippen molar-refractivity contribution in [3.63, 3.8) is 0 Å². The van der Waals surface area contributed by atoms with Gasteiger partial charge in [0, 0.05) is 14.0 Å². The molecule has 0 radical (unpaired) electrons. The van der Waals surface area contributed by atoms with Gasteiger partial charge >= 0.3 is 0 Å². The van der Waals surface area contributed by atoms with E-state index in [-0.39, 0.29) is 0 Å². The molecule has 1 N–H and O–H groups in total. The van der Waals surface area contributed by atoms with Crippen molar-refractivity contribution in [1.82, 2.24) is 19.3 Å². The Labute approximate surface area is 91.4 Å². The van der Waals surface area contributed by atoms with Crippen molar-refractivity contribution in [2.24, 2.45) is 14.1 Å². The predicted octanol–water partition coefficient (Wildman–Crippen LogP) is 0.425. The first-order chi connectivity index (χ1) is 7.02. The van der Waals surface area contributed by atoms with E-state index in [2.05, 4.69) is 10.2 Å². The van der Waals surface area contributed by atoms with Crippen molar-refractivity contribution < 1.29 is 4.73 Å². The van der Waals surface area contributed by atoms with Gasteiger partial charge in [-0.25, -0.2) is 9.30 Å². The van der Waals surface area contributed by atoms with Crippen LogP contribution in [0.1, 0.15) is 5.69 Å². The first-order valence-electron chi connectivity index (χ1n) is 4.39. The maximum absolute atomic E-state index is 11.6. The molecule has 0 bridgehead atoms. The van der Waals surface area contributed by atoms with Gasteiger partial charge in [0.15, 0.2) is 10.5 Å². The van der Waals surface area contributed by atoms with E-state index < -0.39 is 0 Å². The molecule has 0 aliphatic heterocycles. The van der Waals surface area contributed by atoms with Gasteiger partial charge in [0.05, 0.1) is 7.05 Å². The fourth-order valence-corrected chi connectivity index (χ4v) is 1.58. The molecule has 2 heterocycles. The van der Waals surface area contributed by atoms with Gasteiger partial charge in [0.25, 0.3) is 0 Å². The van der Waals surface area contributed by atoms with Crippen molar-refractivity contribution in [1.29, 1.82) is 0 Å². The van der Waals surface area contributed by atoms with E-state index in [0.717, 1.165) is 10.4 Å².